The Morgan fingerprint density at radius 2 is 1.69 bits per heavy atom. The number of para-hydroxylation sites is 2. The van der Waals surface area contributed by atoms with Gasteiger partial charge in [0, 0.05) is 0 Å². The fraction of sp³-hybridized carbons (Fsp3) is 0.190. The van der Waals surface area contributed by atoms with E-state index in [1.54, 1.807) is 49.4 Å². The van der Waals surface area contributed by atoms with Gasteiger partial charge >= 0.3 is 6.03 Å². The van der Waals surface area contributed by atoms with Crippen LogP contribution in [0.15, 0.2) is 48.0 Å². The summed E-state index contributed by atoms with van der Waals surface area (Å²) in [6, 6.07) is 10.7. The maximum atomic E-state index is 13.0. The van der Waals surface area contributed by atoms with Crippen molar-refractivity contribution >= 4 is 29.6 Å². The van der Waals surface area contributed by atoms with E-state index in [1.807, 2.05) is 0 Å². The van der Waals surface area contributed by atoms with Crippen molar-refractivity contribution in [3.8, 4) is 17.2 Å². The molecule has 1 aliphatic heterocycles. The zero-order chi connectivity index (χ0) is 21.0. The van der Waals surface area contributed by atoms with Crippen molar-refractivity contribution in [2.75, 3.05) is 25.7 Å². The molecule has 0 unspecified atom stereocenters. The van der Waals surface area contributed by atoms with Crippen LogP contribution in [0.25, 0.3) is 6.08 Å². The second-order valence-corrected chi connectivity index (χ2v) is 5.97. The standard InChI is InChI=1S/C21H20N2O6/c1-4-29-16-8-6-5-7-15(16)23-20(25)14(19(24)22-21(23)26)11-13-9-10-17(27-2)18(12-13)28-3/h5-12H,4H2,1-3H3,(H,22,24,26)/b14-11+. The van der Waals surface area contributed by atoms with E-state index < -0.39 is 17.8 Å². The molecule has 8 heteroatoms. The number of nitrogens with one attached hydrogen (secondary N) is 1. The molecular weight excluding hydrogens is 376 g/mol. The first kappa shape index (κ1) is 19.9. The van der Waals surface area contributed by atoms with Crippen LogP contribution >= 0.6 is 0 Å². The maximum Gasteiger partial charge on any atom is 0.336 e. The highest BCUT2D eigenvalue weighted by molar-refractivity contribution is 6.39. The molecule has 1 heterocycles. The van der Waals surface area contributed by atoms with E-state index in [2.05, 4.69) is 5.32 Å². The number of rotatable bonds is 6. The predicted molar refractivity (Wildman–Crippen MR) is 106 cm³/mol. The van der Waals surface area contributed by atoms with Crippen LogP contribution in [-0.4, -0.2) is 38.7 Å². The number of imide groups is 2. The topological polar surface area (TPSA) is 94.2 Å². The molecule has 1 fully saturated rings. The van der Waals surface area contributed by atoms with Crippen molar-refractivity contribution in [1.29, 1.82) is 0 Å². The minimum absolute atomic E-state index is 0.192. The fourth-order valence-corrected chi connectivity index (χ4v) is 2.90. The number of amides is 4. The molecule has 1 saturated heterocycles. The van der Waals surface area contributed by atoms with E-state index in [0.29, 0.717) is 29.4 Å². The molecule has 150 valence electrons. The summed E-state index contributed by atoms with van der Waals surface area (Å²) in [6.07, 6.45) is 1.39. The molecular formula is C21H20N2O6. The van der Waals surface area contributed by atoms with E-state index in [-0.39, 0.29) is 11.3 Å². The van der Waals surface area contributed by atoms with Gasteiger partial charge in [-0.05, 0) is 42.8 Å². The summed E-state index contributed by atoms with van der Waals surface area (Å²) in [5.74, 6) is -0.212. The van der Waals surface area contributed by atoms with E-state index in [0.717, 1.165) is 4.90 Å². The summed E-state index contributed by atoms with van der Waals surface area (Å²) in [5, 5.41) is 2.20. The Hall–Kier alpha value is -3.81. The van der Waals surface area contributed by atoms with Gasteiger partial charge in [-0.3, -0.25) is 14.9 Å². The lowest BCUT2D eigenvalue weighted by Crippen LogP contribution is -2.54. The van der Waals surface area contributed by atoms with Crippen LogP contribution in [-0.2, 0) is 9.59 Å². The fourth-order valence-electron chi connectivity index (χ4n) is 2.90. The van der Waals surface area contributed by atoms with Crippen molar-refractivity contribution in [1.82, 2.24) is 5.32 Å². The van der Waals surface area contributed by atoms with Gasteiger partial charge in [-0.15, -0.1) is 0 Å². The number of carbonyl (C=O) groups is 3. The van der Waals surface area contributed by atoms with Crippen LogP contribution < -0.4 is 24.4 Å². The van der Waals surface area contributed by atoms with Crippen LogP contribution in [0.4, 0.5) is 10.5 Å². The number of benzene rings is 2. The van der Waals surface area contributed by atoms with Gasteiger partial charge in [-0.2, -0.15) is 0 Å². The van der Waals surface area contributed by atoms with Gasteiger partial charge in [0.1, 0.15) is 11.3 Å². The minimum atomic E-state index is -0.836. The van der Waals surface area contributed by atoms with Crippen molar-refractivity contribution in [2.45, 2.75) is 6.92 Å². The summed E-state index contributed by atoms with van der Waals surface area (Å²) < 4.78 is 16.0. The highest BCUT2D eigenvalue weighted by Gasteiger charge is 2.38. The number of anilines is 1. The molecule has 0 saturated carbocycles. The van der Waals surface area contributed by atoms with Gasteiger partial charge in [0.05, 0.1) is 26.5 Å². The molecule has 2 aromatic carbocycles. The Labute approximate surface area is 167 Å². The lowest BCUT2D eigenvalue weighted by molar-refractivity contribution is -0.122. The molecule has 1 aliphatic rings. The molecule has 0 aromatic heterocycles. The molecule has 8 nitrogen and oxygen atoms in total. The van der Waals surface area contributed by atoms with E-state index in [9.17, 15) is 14.4 Å². The highest BCUT2D eigenvalue weighted by atomic mass is 16.5. The first-order chi connectivity index (χ1) is 14.0. The third-order valence-corrected chi connectivity index (χ3v) is 4.23. The number of nitrogens with zero attached hydrogens (tertiary/aromatic N) is 1. The molecule has 4 amide bonds. The van der Waals surface area contributed by atoms with E-state index >= 15 is 0 Å². The smallest absolute Gasteiger partial charge is 0.336 e. The zero-order valence-electron chi connectivity index (χ0n) is 16.2. The molecule has 0 atom stereocenters. The minimum Gasteiger partial charge on any atom is -0.493 e. The van der Waals surface area contributed by atoms with Crippen LogP contribution in [0, 0.1) is 0 Å². The van der Waals surface area contributed by atoms with Crippen LogP contribution in [0.5, 0.6) is 17.2 Å². The largest absolute Gasteiger partial charge is 0.493 e. The van der Waals surface area contributed by atoms with Gasteiger partial charge in [0.15, 0.2) is 11.5 Å². The molecule has 2 aromatic rings. The lowest BCUT2D eigenvalue weighted by Gasteiger charge is -2.27. The van der Waals surface area contributed by atoms with Gasteiger partial charge < -0.3 is 14.2 Å². The summed E-state index contributed by atoms with van der Waals surface area (Å²) in [6.45, 7) is 2.15. The van der Waals surface area contributed by atoms with Crippen molar-refractivity contribution in [2.24, 2.45) is 0 Å². The van der Waals surface area contributed by atoms with Gasteiger partial charge in [-0.1, -0.05) is 18.2 Å². The molecule has 0 radical (unpaired) electrons. The van der Waals surface area contributed by atoms with Crippen LogP contribution in [0.1, 0.15) is 12.5 Å². The monoisotopic (exact) mass is 396 g/mol. The third kappa shape index (κ3) is 3.91. The Balaban J connectivity index is 2.03. The quantitative estimate of drug-likeness (QED) is 0.596. The second kappa shape index (κ2) is 8.47. The lowest BCUT2D eigenvalue weighted by atomic mass is 10.1. The number of hydrogen-bond donors (Lipinski definition) is 1. The number of urea groups is 1. The van der Waals surface area contributed by atoms with E-state index in [4.69, 9.17) is 14.2 Å². The van der Waals surface area contributed by atoms with Crippen LogP contribution in [0.2, 0.25) is 0 Å². The normalized spacial score (nSPS) is 15.3. The first-order valence-corrected chi connectivity index (χ1v) is 8.85. The zero-order valence-corrected chi connectivity index (χ0v) is 16.2. The van der Waals surface area contributed by atoms with Gasteiger partial charge in [0.2, 0.25) is 0 Å². The molecule has 0 bridgehead atoms. The SMILES string of the molecule is CCOc1ccccc1N1C(=O)NC(=O)/C(=C\c2ccc(OC)c(OC)c2)C1=O. The third-order valence-electron chi connectivity index (χ3n) is 4.23. The Bertz CT molecular complexity index is 998. The Morgan fingerprint density at radius 1 is 0.966 bits per heavy atom. The molecule has 0 aliphatic carbocycles. The van der Waals surface area contributed by atoms with Crippen LogP contribution in [0.3, 0.4) is 0 Å². The molecule has 0 spiro atoms. The molecule has 1 N–H and O–H groups in total. The van der Waals surface area contributed by atoms with Gasteiger partial charge in [0.25, 0.3) is 11.8 Å². The number of barbiturate groups is 1. The molecule has 29 heavy (non-hydrogen) atoms. The predicted octanol–water partition coefficient (Wildman–Crippen LogP) is 2.77. The van der Waals surface area contributed by atoms with Gasteiger partial charge in [-0.25, -0.2) is 9.69 Å². The summed E-state index contributed by atoms with van der Waals surface area (Å²) in [5.41, 5.74) is 0.597. The number of ether oxygens (including phenoxy) is 3. The summed E-state index contributed by atoms with van der Waals surface area (Å²) >= 11 is 0. The number of hydrogen-bond acceptors (Lipinski definition) is 6. The highest BCUT2D eigenvalue weighted by Crippen LogP contribution is 2.32. The van der Waals surface area contributed by atoms with Crippen molar-refractivity contribution < 1.29 is 28.6 Å². The average Bonchev–Trinajstić information content (AvgIpc) is 2.72. The summed E-state index contributed by atoms with van der Waals surface area (Å²) in [7, 11) is 2.99. The van der Waals surface area contributed by atoms with Crippen molar-refractivity contribution in [3.05, 3.63) is 53.6 Å². The van der Waals surface area contributed by atoms with Crippen molar-refractivity contribution in [3.63, 3.8) is 0 Å². The van der Waals surface area contributed by atoms with E-state index in [1.165, 1.54) is 20.3 Å². The Morgan fingerprint density at radius 3 is 2.38 bits per heavy atom. The number of methoxy groups -OCH3 is 2. The first-order valence-electron chi connectivity index (χ1n) is 8.85. The maximum absolute atomic E-state index is 13.0. The second-order valence-electron chi connectivity index (χ2n) is 5.97. The number of carbonyl (C=O) groups excluding carboxylic acids is 3. The molecule has 3 rings (SSSR count). The summed E-state index contributed by atoms with van der Waals surface area (Å²) in [4.78, 5) is 38.7. The Kier molecular flexibility index (Phi) is 5.82. The average molecular weight is 396 g/mol.